The van der Waals surface area contributed by atoms with E-state index in [0.29, 0.717) is 23.7 Å². The molecule has 0 aliphatic rings. The molecule has 1 atom stereocenters. The minimum Gasteiger partial charge on any atom is -0.454 e. The van der Waals surface area contributed by atoms with Crippen molar-refractivity contribution in [2.75, 3.05) is 13.1 Å². The molecular weight excluding hydrogens is 417 g/mol. The Bertz CT molecular complexity index is 1040. The van der Waals surface area contributed by atoms with E-state index in [1.165, 1.54) is 16.8 Å². The summed E-state index contributed by atoms with van der Waals surface area (Å²) in [6, 6.07) is 8.21. The van der Waals surface area contributed by atoms with E-state index in [9.17, 15) is 14.0 Å². The van der Waals surface area contributed by atoms with Gasteiger partial charge in [0, 0.05) is 6.42 Å². The average Bonchev–Trinajstić information content (AvgIpc) is 3.44. The summed E-state index contributed by atoms with van der Waals surface area (Å²) < 4.78 is 20.2. The number of tetrazole rings is 1. The molecule has 0 saturated carbocycles. The van der Waals surface area contributed by atoms with E-state index in [1.807, 2.05) is 13.8 Å². The Hall–Kier alpha value is -3.60. The lowest BCUT2D eigenvalue weighted by molar-refractivity contribution is -0.125. The fourth-order valence-electron chi connectivity index (χ4n) is 3.18. The molecule has 11 heteroatoms. The molecule has 2 aromatic heterocycles. The van der Waals surface area contributed by atoms with Crippen LogP contribution in [-0.2, 0) is 17.8 Å². The maximum atomic E-state index is 13.2. The first kappa shape index (κ1) is 23.1. The molecule has 2 heterocycles. The van der Waals surface area contributed by atoms with Crippen LogP contribution in [0.2, 0.25) is 0 Å². The van der Waals surface area contributed by atoms with Crippen molar-refractivity contribution in [3.05, 3.63) is 65.1 Å². The zero-order valence-electron chi connectivity index (χ0n) is 18.2. The lowest BCUT2D eigenvalue weighted by atomic mass is 10.1. The second-order valence-corrected chi connectivity index (χ2v) is 7.19. The minimum atomic E-state index is -0.856. The molecule has 1 aromatic carbocycles. The molecule has 2 N–H and O–H groups in total. The van der Waals surface area contributed by atoms with Crippen LogP contribution >= 0.6 is 0 Å². The second-order valence-electron chi connectivity index (χ2n) is 7.19. The number of benzene rings is 1. The second kappa shape index (κ2) is 10.6. The van der Waals surface area contributed by atoms with Crippen LogP contribution in [0.25, 0.3) is 0 Å². The van der Waals surface area contributed by atoms with Crippen LogP contribution in [0.3, 0.4) is 0 Å². The molecule has 2 amide bonds. The van der Waals surface area contributed by atoms with Crippen molar-refractivity contribution in [2.24, 2.45) is 0 Å². The third-order valence-corrected chi connectivity index (χ3v) is 5.06. The Kier molecular flexibility index (Phi) is 7.66. The van der Waals surface area contributed by atoms with Gasteiger partial charge in [0.05, 0.1) is 6.54 Å². The average molecular weight is 443 g/mol. The zero-order chi connectivity index (χ0) is 23.1. The Morgan fingerprint density at radius 3 is 2.47 bits per heavy atom. The van der Waals surface area contributed by atoms with Gasteiger partial charge < -0.3 is 4.42 Å². The van der Waals surface area contributed by atoms with Crippen LogP contribution in [0.15, 0.2) is 40.8 Å². The lowest BCUT2D eigenvalue weighted by Gasteiger charge is -2.18. The standard InChI is InChI=1S/C21H26FN7O3/c1-4-28(5-2)13-17-10-11-19(32-17)21(31)25-24-20(30)18(29-14(3)23-26-27-29)12-15-6-8-16(22)9-7-15/h6-11,18H,4-5,12-13H2,1-3H3,(H,24,30)(H,25,31)/t18-/m1/s1. The molecule has 10 nitrogen and oxygen atoms in total. The highest BCUT2D eigenvalue weighted by Gasteiger charge is 2.25. The predicted octanol–water partition coefficient (Wildman–Crippen LogP) is 1.80. The summed E-state index contributed by atoms with van der Waals surface area (Å²) >= 11 is 0. The maximum absolute atomic E-state index is 13.2. The smallest absolute Gasteiger partial charge is 0.305 e. The number of aryl methyl sites for hydroxylation is 1. The number of nitrogens with zero attached hydrogens (tertiary/aromatic N) is 5. The molecule has 170 valence electrons. The van der Waals surface area contributed by atoms with Gasteiger partial charge in [-0.1, -0.05) is 26.0 Å². The number of hydrogen-bond donors (Lipinski definition) is 2. The molecule has 32 heavy (non-hydrogen) atoms. The Balaban J connectivity index is 1.66. The Morgan fingerprint density at radius 2 is 1.84 bits per heavy atom. The van der Waals surface area contributed by atoms with Crippen LogP contribution in [0.1, 0.15) is 47.6 Å². The van der Waals surface area contributed by atoms with Gasteiger partial charge in [0.2, 0.25) is 0 Å². The number of nitrogens with one attached hydrogen (secondary N) is 2. The largest absolute Gasteiger partial charge is 0.454 e. The molecule has 3 aromatic rings. The van der Waals surface area contributed by atoms with Gasteiger partial charge in [-0.15, -0.1) is 5.10 Å². The number of amides is 2. The fourth-order valence-corrected chi connectivity index (χ4v) is 3.18. The van der Waals surface area contributed by atoms with Crippen molar-refractivity contribution in [1.82, 2.24) is 36.0 Å². The third-order valence-electron chi connectivity index (χ3n) is 5.06. The molecule has 0 unspecified atom stereocenters. The normalized spacial score (nSPS) is 12.0. The number of aromatic nitrogens is 4. The zero-order valence-corrected chi connectivity index (χ0v) is 18.2. The number of carbonyl (C=O) groups is 2. The summed E-state index contributed by atoms with van der Waals surface area (Å²) in [6.07, 6.45) is 0.197. The molecule has 0 saturated heterocycles. The molecule has 0 fully saturated rings. The topological polar surface area (TPSA) is 118 Å². The molecule has 3 rings (SSSR count). The van der Waals surface area contributed by atoms with E-state index in [-0.39, 0.29) is 18.0 Å². The fraction of sp³-hybridized carbons (Fsp3) is 0.381. The predicted molar refractivity (Wildman–Crippen MR) is 113 cm³/mol. The molecule has 0 aliphatic carbocycles. The number of rotatable bonds is 9. The highest BCUT2D eigenvalue weighted by atomic mass is 19.1. The van der Waals surface area contributed by atoms with Crippen LogP contribution in [0, 0.1) is 12.7 Å². The number of hydrazine groups is 1. The van der Waals surface area contributed by atoms with E-state index in [0.717, 1.165) is 13.1 Å². The van der Waals surface area contributed by atoms with Crippen molar-refractivity contribution in [3.63, 3.8) is 0 Å². The van der Waals surface area contributed by atoms with E-state index >= 15 is 0 Å². The lowest BCUT2D eigenvalue weighted by Crippen LogP contribution is -2.45. The number of hydrogen-bond acceptors (Lipinski definition) is 7. The van der Waals surface area contributed by atoms with Gasteiger partial charge in [-0.3, -0.25) is 25.3 Å². The van der Waals surface area contributed by atoms with Gasteiger partial charge >= 0.3 is 5.91 Å². The Morgan fingerprint density at radius 1 is 1.12 bits per heavy atom. The van der Waals surface area contributed by atoms with Crippen molar-refractivity contribution < 1.29 is 18.4 Å². The summed E-state index contributed by atoms with van der Waals surface area (Å²) in [5.74, 6) is -0.332. The first-order valence-corrected chi connectivity index (χ1v) is 10.3. The van der Waals surface area contributed by atoms with Crippen LogP contribution in [0.4, 0.5) is 4.39 Å². The minimum absolute atomic E-state index is 0.0844. The summed E-state index contributed by atoms with van der Waals surface area (Å²) in [5, 5.41) is 11.3. The summed E-state index contributed by atoms with van der Waals surface area (Å²) in [6.45, 7) is 8.06. The molecule has 0 aliphatic heterocycles. The first-order chi connectivity index (χ1) is 15.4. The highest BCUT2D eigenvalue weighted by molar-refractivity contribution is 5.93. The van der Waals surface area contributed by atoms with Crippen LogP contribution in [-0.4, -0.2) is 50.0 Å². The third kappa shape index (κ3) is 5.76. The summed E-state index contributed by atoms with van der Waals surface area (Å²) in [4.78, 5) is 27.5. The van der Waals surface area contributed by atoms with E-state index in [2.05, 4.69) is 31.3 Å². The van der Waals surface area contributed by atoms with Gasteiger partial charge in [0.25, 0.3) is 5.91 Å². The number of carbonyl (C=O) groups excluding carboxylic acids is 2. The SMILES string of the molecule is CCN(CC)Cc1ccc(C(=O)NNC(=O)[C@@H](Cc2ccc(F)cc2)n2nnnc2C)o1. The van der Waals surface area contributed by atoms with Crippen molar-refractivity contribution in [2.45, 2.75) is 39.8 Å². The first-order valence-electron chi connectivity index (χ1n) is 10.3. The van der Waals surface area contributed by atoms with Crippen molar-refractivity contribution in [3.8, 4) is 0 Å². The van der Waals surface area contributed by atoms with Gasteiger partial charge in [-0.2, -0.15) is 0 Å². The van der Waals surface area contributed by atoms with E-state index in [4.69, 9.17) is 4.42 Å². The number of furan rings is 1. The van der Waals surface area contributed by atoms with Crippen molar-refractivity contribution >= 4 is 11.8 Å². The summed E-state index contributed by atoms with van der Waals surface area (Å²) in [5.41, 5.74) is 5.47. The van der Waals surface area contributed by atoms with Crippen molar-refractivity contribution in [1.29, 1.82) is 0 Å². The molecular formula is C21H26FN7O3. The molecule has 0 bridgehead atoms. The van der Waals surface area contributed by atoms with E-state index in [1.54, 1.807) is 31.2 Å². The van der Waals surface area contributed by atoms with Gasteiger partial charge in [-0.25, -0.2) is 9.07 Å². The van der Waals surface area contributed by atoms with Crippen LogP contribution in [0.5, 0.6) is 0 Å². The quantitative estimate of drug-likeness (QED) is 0.484. The maximum Gasteiger partial charge on any atom is 0.305 e. The molecule has 0 spiro atoms. The summed E-state index contributed by atoms with van der Waals surface area (Å²) in [7, 11) is 0. The Labute approximate surface area is 184 Å². The van der Waals surface area contributed by atoms with Gasteiger partial charge in [-0.05, 0) is 60.3 Å². The monoisotopic (exact) mass is 443 g/mol. The number of halogens is 1. The van der Waals surface area contributed by atoms with Gasteiger partial charge in [0.15, 0.2) is 5.76 Å². The molecule has 0 radical (unpaired) electrons. The highest BCUT2D eigenvalue weighted by Crippen LogP contribution is 2.16. The van der Waals surface area contributed by atoms with Crippen LogP contribution < -0.4 is 10.9 Å². The van der Waals surface area contributed by atoms with Gasteiger partial charge in [0.1, 0.15) is 23.4 Å². The van der Waals surface area contributed by atoms with E-state index < -0.39 is 17.9 Å².